The Hall–Kier alpha value is -1.14. The number of nitrogens with zero attached hydrogens (tertiary/aromatic N) is 1. The number of hydrogen-bond donors (Lipinski definition) is 1. The average Bonchev–Trinajstić information content (AvgIpc) is 2.95. The number of rotatable bonds is 6. The van der Waals surface area contributed by atoms with Gasteiger partial charge in [0.05, 0.1) is 7.11 Å². The summed E-state index contributed by atoms with van der Waals surface area (Å²) < 4.78 is 5.57. The first-order chi connectivity index (χ1) is 10.8. The van der Waals surface area contributed by atoms with Gasteiger partial charge in [0.15, 0.2) is 0 Å². The van der Waals surface area contributed by atoms with Crippen molar-refractivity contribution in [2.24, 2.45) is 0 Å². The summed E-state index contributed by atoms with van der Waals surface area (Å²) >= 11 is 1.88. The minimum Gasteiger partial charge on any atom is -0.496 e. The molecule has 1 aromatic rings. The van der Waals surface area contributed by atoms with Crippen LogP contribution >= 0.6 is 11.8 Å². The Morgan fingerprint density at radius 3 is 2.74 bits per heavy atom. The monoisotopic (exact) mass is 353 g/mol. The van der Waals surface area contributed by atoms with Crippen LogP contribution in [-0.2, 0) is 0 Å². The van der Waals surface area contributed by atoms with Gasteiger partial charge in [0.1, 0.15) is 5.75 Å². The van der Waals surface area contributed by atoms with E-state index in [1.807, 2.05) is 11.8 Å². The van der Waals surface area contributed by atoms with Crippen molar-refractivity contribution in [1.82, 2.24) is 4.90 Å². The van der Waals surface area contributed by atoms with Crippen molar-refractivity contribution >= 4 is 25.9 Å². The molecule has 1 unspecified atom stereocenters. The molecule has 4 nitrogen and oxygen atoms in total. The number of amides is 1. The molecule has 0 radical (unpaired) electrons. The number of benzene rings is 1. The largest absolute Gasteiger partial charge is 0.496 e. The zero-order valence-electron chi connectivity index (χ0n) is 14.5. The molecule has 23 heavy (non-hydrogen) atoms. The normalized spacial score (nSPS) is 18.3. The van der Waals surface area contributed by atoms with E-state index >= 15 is 0 Å². The van der Waals surface area contributed by atoms with E-state index in [0.717, 1.165) is 23.5 Å². The Bertz CT molecular complexity index is 559. The Balaban J connectivity index is 2.04. The molecule has 0 bridgehead atoms. The van der Waals surface area contributed by atoms with Gasteiger partial charge >= 0.3 is 6.09 Å². The zero-order valence-corrected chi connectivity index (χ0v) is 16.3. The molecule has 0 saturated carbocycles. The summed E-state index contributed by atoms with van der Waals surface area (Å²) in [4.78, 5) is 13.8. The lowest BCUT2D eigenvalue weighted by molar-refractivity contribution is 0.155. The minimum atomic E-state index is -0.997. The van der Waals surface area contributed by atoms with Crippen LogP contribution in [-0.4, -0.2) is 50.1 Å². The number of ether oxygens (including phenoxy) is 1. The number of methoxy groups -OCH3 is 1. The summed E-state index contributed by atoms with van der Waals surface area (Å²) in [6.07, 6.45) is 0.0371. The third-order valence-electron chi connectivity index (χ3n) is 4.22. The van der Waals surface area contributed by atoms with Gasteiger partial charge in [-0.1, -0.05) is 25.7 Å². The van der Waals surface area contributed by atoms with Crippen LogP contribution in [0.1, 0.15) is 17.9 Å². The Morgan fingerprint density at radius 1 is 1.43 bits per heavy atom. The highest BCUT2D eigenvalue weighted by Crippen LogP contribution is 2.36. The Kier molecular flexibility index (Phi) is 6.03. The number of likely N-dealkylation sites (tertiary alicyclic amines) is 1. The fraction of sp³-hybridized carbons (Fsp3) is 0.588. The molecule has 1 saturated heterocycles. The molecule has 0 aliphatic carbocycles. The fourth-order valence-corrected chi connectivity index (χ4v) is 6.23. The van der Waals surface area contributed by atoms with Crippen molar-refractivity contribution in [2.45, 2.75) is 42.9 Å². The van der Waals surface area contributed by atoms with Gasteiger partial charge < -0.3 is 14.7 Å². The minimum absolute atomic E-state index is 0.238. The number of thioether (sulfide) groups is 1. The van der Waals surface area contributed by atoms with E-state index in [0.29, 0.717) is 13.1 Å². The van der Waals surface area contributed by atoms with Gasteiger partial charge in [0, 0.05) is 32.0 Å². The van der Waals surface area contributed by atoms with Crippen LogP contribution in [0.5, 0.6) is 5.75 Å². The average molecular weight is 354 g/mol. The van der Waals surface area contributed by atoms with Crippen molar-refractivity contribution in [2.75, 3.05) is 26.0 Å². The lowest BCUT2D eigenvalue weighted by Crippen LogP contribution is -2.26. The van der Waals surface area contributed by atoms with Crippen molar-refractivity contribution in [3.8, 4) is 5.75 Å². The van der Waals surface area contributed by atoms with Crippen LogP contribution in [0, 0.1) is 0 Å². The number of carbonyl (C=O) groups is 1. The van der Waals surface area contributed by atoms with Crippen LogP contribution in [0.2, 0.25) is 25.7 Å². The maximum Gasteiger partial charge on any atom is 0.407 e. The van der Waals surface area contributed by atoms with Gasteiger partial charge in [0.25, 0.3) is 0 Å². The molecule has 128 valence electrons. The van der Waals surface area contributed by atoms with Gasteiger partial charge in [0.2, 0.25) is 0 Å². The molecule has 0 aromatic heterocycles. The standard InChI is InChI=1S/C17H27NO3SSi/c1-21-16-11-14(22-9-10-23(2,3)4)5-6-15(16)13-7-8-18(12-13)17(19)20/h5-6,11,13H,7-10,12H2,1-4H3,(H,19,20). The summed E-state index contributed by atoms with van der Waals surface area (Å²) in [5, 5.41) is 9.11. The molecular weight excluding hydrogens is 326 g/mol. The van der Waals surface area contributed by atoms with Crippen LogP contribution in [0.15, 0.2) is 23.1 Å². The SMILES string of the molecule is COc1cc(SCC[Si](C)(C)C)ccc1C1CCN(C(=O)O)C1. The lowest BCUT2D eigenvalue weighted by atomic mass is 9.97. The smallest absolute Gasteiger partial charge is 0.407 e. The summed E-state index contributed by atoms with van der Waals surface area (Å²) in [6.45, 7) is 8.35. The summed E-state index contributed by atoms with van der Waals surface area (Å²) in [5.41, 5.74) is 1.13. The van der Waals surface area contributed by atoms with E-state index in [2.05, 4.69) is 37.8 Å². The van der Waals surface area contributed by atoms with E-state index in [4.69, 9.17) is 9.84 Å². The quantitative estimate of drug-likeness (QED) is 0.600. The number of hydrogen-bond acceptors (Lipinski definition) is 3. The Morgan fingerprint density at radius 2 is 2.17 bits per heavy atom. The molecule has 0 spiro atoms. The van der Waals surface area contributed by atoms with Gasteiger partial charge in [-0.2, -0.15) is 0 Å². The maximum absolute atomic E-state index is 11.1. The highest BCUT2D eigenvalue weighted by Gasteiger charge is 2.29. The van der Waals surface area contributed by atoms with E-state index in [-0.39, 0.29) is 5.92 Å². The second kappa shape index (κ2) is 7.62. The molecule has 1 aliphatic rings. The van der Waals surface area contributed by atoms with Crippen molar-refractivity contribution in [3.63, 3.8) is 0 Å². The van der Waals surface area contributed by atoms with Crippen LogP contribution in [0.4, 0.5) is 4.79 Å². The van der Waals surface area contributed by atoms with E-state index in [9.17, 15) is 4.79 Å². The van der Waals surface area contributed by atoms with Crippen molar-refractivity contribution in [3.05, 3.63) is 23.8 Å². The first-order valence-corrected chi connectivity index (χ1v) is 12.8. The topological polar surface area (TPSA) is 49.8 Å². The predicted octanol–water partition coefficient (Wildman–Crippen LogP) is 4.59. The molecule has 1 amide bonds. The fourth-order valence-electron chi connectivity index (χ4n) is 2.78. The first kappa shape index (κ1) is 18.2. The molecule has 6 heteroatoms. The van der Waals surface area contributed by atoms with Gasteiger partial charge in [-0.3, -0.25) is 0 Å². The Labute approximate surface area is 144 Å². The maximum atomic E-state index is 11.1. The third kappa shape index (κ3) is 5.17. The van der Waals surface area contributed by atoms with Gasteiger partial charge in [-0.15, -0.1) is 11.8 Å². The van der Waals surface area contributed by atoms with E-state index < -0.39 is 14.2 Å². The molecule has 1 atom stereocenters. The lowest BCUT2D eigenvalue weighted by Gasteiger charge is -2.17. The van der Waals surface area contributed by atoms with Crippen molar-refractivity contribution in [1.29, 1.82) is 0 Å². The van der Waals surface area contributed by atoms with Gasteiger partial charge in [-0.25, -0.2) is 4.79 Å². The van der Waals surface area contributed by atoms with E-state index in [1.54, 1.807) is 7.11 Å². The van der Waals surface area contributed by atoms with Crippen LogP contribution in [0.25, 0.3) is 0 Å². The summed E-state index contributed by atoms with van der Waals surface area (Å²) in [5.74, 6) is 2.27. The van der Waals surface area contributed by atoms with Crippen molar-refractivity contribution < 1.29 is 14.6 Å². The molecule has 1 fully saturated rings. The second-order valence-corrected chi connectivity index (χ2v) is 14.1. The van der Waals surface area contributed by atoms with E-state index in [1.165, 1.54) is 15.8 Å². The zero-order chi connectivity index (χ0) is 17.0. The summed E-state index contributed by atoms with van der Waals surface area (Å²) in [6, 6.07) is 7.67. The summed E-state index contributed by atoms with van der Waals surface area (Å²) in [7, 11) is 0.697. The molecule has 2 rings (SSSR count). The first-order valence-electron chi connectivity index (χ1n) is 8.09. The number of carboxylic acid groups (broad SMARTS) is 1. The third-order valence-corrected chi connectivity index (χ3v) is 7.33. The van der Waals surface area contributed by atoms with Gasteiger partial charge in [-0.05, 0) is 35.9 Å². The van der Waals surface area contributed by atoms with Crippen LogP contribution < -0.4 is 4.74 Å². The molecular formula is C17H27NO3SSi. The molecule has 1 aliphatic heterocycles. The molecule has 1 N–H and O–H groups in total. The highest BCUT2D eigenvalue weighted by atomic mass is 32.2. The highest BCUT2D eigenvalue weighted by molar-refractivity contribution is 7.99. The second-order valence-electron chi connectivity index (χ2n) is 7.28. The molecule has 1 aromatic carbocycles. The molecule has 1 heterocycles. The van der Waals surface area contributed by atoms with Crippen LogP contribution in [0.3, 0.4) is 0 Å². The predicted molar refractivity (Wildman–Crippen MR) is 98.8 cm³/mol.